The van der Waals surface area contributed by atoms with Gasteiger partial charge in [0.05, 0.1) is 5.39 Å². The summed E-state index contributed by atoms with van der Waals surface area (Å²) in [7, 11) is 0. The maximum Gasteiger partial charge on any atom is 0.243 e. The third-order valence-electron chi connectivity index (χ3n) is 6.55. The Morgan fingerprint density at radius 3 is 2.51 bits per heavy atom. The van der Waals surface area contributed by atoms with E-state index in [1.54, 1.807) is 11.8 Å². The van der Waals surface area contributed by atoms with Crippen molar-refractivity contribution in [3.05, 3.63) is 78.1 Å². The number of hydrogen-bond acceptors (Lipinski definition) is 6. The van der Waals surface area contributed by atoms with E-state index >= 15 is 0 Å². The van der Waals surface area contributed by atoms with Gasteiger partial charge in [-0.2, -0.15) is 0 Å². The molecule has 0 aliphatic carbocycles. The first kappa shape index (κ1) is 26.3. The molecule has 5 N–H and O–H groups in total. The molecule has 0 radical (unpaired) electrons. The minimum atomic E-state index is -0.305. The summed E-state index contributed by atoms with van der Waals surface area (Å²) >= 11 is 0. The Balaban J connectivity index is 1.26. The van der Waals surface area contributed by atoms with Gasteiger partial charge < -0.3 is 15.6 Å². The van der Waals surface area contributed by atoms with Crippen LogP contribution < -0.4 is 16.1 Å². The lowest BCUT2D eigenvalue weighted by molar-refractivity contribution is -0.129. The number of aromatic nitrogens is 3. The molecule has 1 atom stereocenters. The highest BCUT2D eigenvalue weighted by Gasteiger charge is 2.12. The van der Waals surface area contributed by atoms with Crippen LogP contribution in [0.25, 0.3) is 22.3 Å². The maximum atomic E-state index is 11.0. The van der Waals surface area contributed by atoms with Gasteiger partial charge in [0.1, 0.15) is 17.8 Å². The molecule has 194 valence electrons. The molecule has 0 bridgehead atoms. The van der Waals surface area contributed by atoms with Gasteiger partial charge in [-0.05, 0) is 49.1 Å². The van der Waals surface area contributed by atoms with Crippen LogP contribution in [-0.2, 0) is 11.3 Å². The van der Waals surface area contributed by atoms with Gasteiger partial charge in [-0.15, -0.1) is 0 Å². The molecule has 0 spiro atoms. The summed E-state index contributed by atoms with van der Waals surface area (Å²) in [6.07, 6.45) is 7.16. The van der Waals surface area contributed by atoms with Crippen LogP contribution in [0.1, 0.15) is 62.6 Å². The first-order valence-corrected chi connectivity index (χ1v) is 13.0. The van der Waals surface area contributed by atoms with Gasteiger partial charge in [-0.3, -0.25) is 10.0 Å². The topological polar surface area (TPSA) is 115 Å². The lowest BCUT2D eigenvalue weighted by Crippen LogP contribution is -2.17. The monoisotopic (exact) mass is 500 g/mol. The highest BCUT2D eigenvalue weighted by molar-refractivity contribution is 5.91. The Bertz CT molecular complexity index is 1260. The molecule has 0 aliphatic heterocycles. The second-order valence-electron chi connectivity index (χ2n) is 9.37. The van der Waals surface area contributed by atoms with Gasteiger partial charge in [-0.1, -0.05) is 73.9 Å². The largest absolute Gasteiger partial charge is 0.363 e. The number of nitrogens with zero attached hydrogens (tertiary/aromatic N) is 2. The van der Waals surface area contributed by atoms with Crippen LogP contribution in [0.15, 0.2) is 67.0 Å². The zero-order valence-corrected chi connectivity index (χ0v) is 21.3. The number of rotatable bonds is 14. The first-order chi connectivity index (χ1) is 18.1. The molecule has 37 heavy (non-hydrogen) atoms. The SMILES string of the molecule is C[C@@H](Nc1ncnc2[nH]c(-c3ccc(CNCCCCCCCC(=O)NO)cc3)cc12)c1ccccc1. The van der Waals surface area contributed by atoms with E-state index in [9.17, 15) is 4.79 Å². The van der Waals surface area contributed by atoms with Gasteiger partial charge in [0.25, 0.3) is 0 Å². The minimum Gasteiger partial charge on any atom is -0.363 e. The summed E-state index contributed by atoms with van der Waals surface area (Å²) in [5.41, 5.74) is 7.06. The number of fused-ring (bicyclic) bond motifs is 1. The molecule has 4 rings (SSSR count). The van der Waals surface area contributed by atoms with Crippen LogP contribution in [0, 0.1) is 0 Å². The lowest BCUT2D eigenvalue weighted by Gasteiger charge is -2.15. The number of carbonyl (C=O) groups is 1. The number of nitrogens with one attached hydrogen (secondary N) is 4. The number of aromatic amines is 1. The predicted octanol–water partition coefficient (Wildman–Crippen LogP) is 5.73. The van der Waals surface area contributed by atoms with E-state index in [0.29, 0.717) is 6.42 Å². The van der Waals surface area contributed by atoms with Crippen molar-refractivity contribution < 1.29 is 10.0 Å². The summed E-state index contributed by atoms with van der Waals surface area (Å²) in [4.78, 5) is 23.3. The number of carbonyl (C=O) groups excluding carboxylic acids is 1. The second kappa shape index (κ2) is 13.5. The number of amides is 1. The minimum absolute atomic E-state index is 0.129. The molecule has 0 saturated carbocycles. The first-order valence-electron chi connectivity index (χ1n) is 13.0. The number of H-pyrrole nitrogens is 1. The average molecular weight is 501 g/mol. The molecular weight excluding hydrogens is 464 g/mol. The zero-order chi connectivity index (χ0) is 25.9. The Morgan fingerprint density at radius 2 is 1.73 bits per heavy atom. The third-order valence-corrected chi connectivity index (χ3v) is 6.55. The molecule has 8 heteroatoms. The molecular formula is C29H36N6O2. The van der Waals surface area contributed by atoms with Gasteiger partial charge in [0, 0.05) is 24.7 Å². The fraction of sp³-hybridized carbons (Fsp3) is 0.345. The van der Waals surface area contributed by atoms with Crippen molar-refractivity contribution in [2.45, 2.75) is 58.0 Å². The van der Waals surface area contributed by atoms with E-state index < -0.39 is 0 Å². The van der Waals surface area contributed by atoms with Crippen molar-refractivity contribution in [2.75, 3.05) is 11.9 Å². The van der Waals surface area contributed by atoms with Crippen molar-refractivity contribution >= 4 is 22.8 Å². The van der Waals surface area contributed by atoms with E-state index in [0.717, 1.165) is 73.3 Å². The summed E-state index contributed by atoms with van der Waals surface area (Å²) in [5, 5.41) is 16.5. The molecule has 1 amide bonds. The summed E-state index contributed by atoms with van der Waals surface area (Å²) in [6.45, 7) is 3.93. The normalized spacial score (nSPS) is 11.9. The van der Waals surface area contributed by atoms with E-state index in [1.165, 1.54) is 11.1 Å². The van der Waals surface area contributed by atoms with Crippen LogP contribution >= 0.6 is 0 Å². The number of benzene rings is 2. The standard InChI is InChI=1S/C29H36N6O2/c1-21(23-10-6-5-7-11-23)33-28-25-18-26(34-29(25)32-20-31-28)24-15-13-22(14-16-24)19-30-17-9-4-2-3-8-12-27(36)35-37/h5-7,10-11,13-16,18,20-21,30,37H,2-4,8-9,12,17,19H2,1H3,(H,35,36)(H2,31,32,33,34)/t21-/m1/s1. The quantitative estimate of drug-likeness (QED) is 0.0858. The third kappa shape index (κ3) is 7.62. The van der Waals surface area contributed by atoms with Gasteiger partial charge in [0.15, 0.2) is 0 Å². The number of unbranched alkanes of at least 4 members (excludes halogenated alkanes) is 4. The van der Waals surface area contributed by atoms with E-state index in [2.05, 4.69) is 75.0 Å². The number of hydrogen-bond donors (Lipinski definition) is 5. The fourth-order valence-electron chi connectivity index (χ4n) is 4.40. The van der Waals surface area contributed by atoms with Gasteiger partial charge in [-0.25, -0.2) is 15.4 Å². The van der Waals surface area contributed by atoms with Crippen LogP contribution in [0.4, 0.5) is 5.82 Å². The van der Waals surface area contributed by atoms with Crippen molar-refractivity contribution in [1.82, 2.24) is 25.7 Å². The Hall–Kier alpha value is -3.75. The Labute approximate surface area is 217 Å². The van der Waals surface area contributed by atoms with Crippen molar-refractivity contribution in [1.29, 1.82) is 0 Å². The van der Waals surface area contributed by atoms with Crippen LogP contribution in [0.5, 0.6) is 0 Å². The molecule has 0 unspecified atom stereocenters. The van der Waals surface area contributed by atoms with Crippen LogP contribution in [0.2, 0.25) is 0 Å². The molecule has 0 saturated heterocycles. The second-order valence-corrected chi connectivity index (χ2v) is 9.37. The Morgan fingerprint density at radius 1 is 0.973 bits per heavy atom. The molecule has 2 aromatic carbocycles. The van der Waals surface area contributed by atoms with E-state index in [1.807, 2.05) is 18.2 Å². The van der Waals surface area contributed by atoms with Crippen LogP contribution in [0.3, 0.4) is 0 Å². The zero-order valence-electron chi connectivity index (χ0n) is 21.3. The average Bonchev–Trinajstić information content (AvgIpc) is 3.38. The molecule has 0 aliphatic rings. The molecule has 0 fully saturated rings. The van der Waals surface area contributed by atoms with Crippen molar-refractivity contribution in [3.8, 4) is 11.3 Å². The smallest absolute Gasteiger partial charge is 0.243 e. The lowest BCUT2D eigenvalue weighted by atomic mass is 10.1. The summed E-state index contributed by atoms with van der Waals surface area (Å²) in [6, 6.07) is 21.2. The fourth-order valence-corrected chi connectivity index (χ4v) is 4.40. The number of hydroxylamine groups is 1. The van der Waals surface area contributed by atoms with Crippen molar-refractivity contribution in [3.63, 3.8) is 0 Å². The van der Waals surface area contributed by atoms with Gasteiger partial charge >= 0.3 is 0 Å². The molecule has 4 aromatic rings. The van der Waals surface area contributed by atoms with E-state index in [-0.39, 0.29) is 11.9 Å². The van der Waals surface area contributed by atoms with E-state index in [4.69, 9.17) is 5.21 Å². The highest BCUT2D eigenvalue weighted by atomic mass is 16.5. The Kier molecular flexibility index (Phi) is 9.62. The molecule has 2 heterocycles. The van der Waals surface area contributed by atoms with Gasteiger partial charge in [0.2, 0.25) is 5.91 Å². The maximum absolute atomic E-state index is 11.0. The number of anilines is 1. The van der Waals surface area contributed by atoms with Crippen molar-refractivity contribution in [2.24, 2.45) is 0 Å². The highest BCUT2D eigenvalue weighted by Crippen LogP contribution is 2.29. The summed E-state index contributed by atoms with van der Waals surface area (Å²) < 4.78 is 0. The predicted molar refractivity (Wildman–Crippen MR) is 147 cm³/mol. The molecule has 2 aromatic heterocycles. The van der Waals surface area contributed by atoms with Crippen LogP contribution in [-0.4, -0.2) is 32.6 Å². The molecule has 8 nitrogen and oxygen atoms in total. The summed E-state index contributed by atoms with van der Waals surface area (Å²) in [5.74, 6) is 0.515.